The lowest BCUT2D eigenvalue weighted by molar-refractivity contribution is -0.125. The van der Waals surface area contributed by atoms with Gasteiger partial charge in [-0.25, -0.2) is 9.89 Å². The normalized spacial score (nSPS) is 18.6. The van der Waals surface area contributed by atoms with Crippen LogP contribution >= 0.6 is 11.8 Å². The SMILES string of the molecule is CC[C@H](SC1=Nc2ccccc2C2=N[C@H]([C@H](C)CC)C(=O)N12)C(=O)Nc1c(C)cc(C)cc1C. The number of aliphatic imine (C=N–C) groups is 2. The lowest BCUT2D eigenvalue weighted by atomic mass is 10.00. The van der Waals surface area contributed by atoms with Crippen LogP contribution in [0.25, 0.3) is 0 Å². The second kappa shape index (κ2) is 9.74. The molecule has 2 aliphatic heterocycles. The minimum absolute atomic E-state index is 0.0643. The van der Waals surface area contributed by atoms with Gasteiger partial charge in [0.2, 0.25) is 5.91 Å². The smallest absolute Gasteiger partial charge is 0.259 e. The molecule has 1 N–H and O–H groups in total. The number of thioether (sulfide) groups is 1. The van der Waals surface area contributed by atoms with Crippen LogP contribution in [-0.4, -0.2) is 39.0 Å². The molecule has 2 aromatic carbocycles. The van der Waals surface area contributed by atoms with E-state index in [0.29, 0.717) is 17.4 Å². The summed E-state index contributed by atoms with van der Waals surface area (Å²) in [6.07, 6.45) is 1.46. The molecule has 2 aliphatic rings. The summed E-state index contributed by atoms with van der Waals surface area (Å²) in [5.41, 5.74) is 5.72. The highest BCUT2D eigenvalue weighted by atomic mass is 32.2. The molecule has 0 bridgehead atoms. The molecule has 4 rings (SSSR count). The van der Waals surface area contributed by atoms with Gasteiger partial charge in [-0.2, -0.15) is 0 Å². The number of para-hydroxylation sites is 1. The zero-order chi connectivity index (χ0) is 24.6. The molecule has 6 nitrogen and oxygen atoms in total. The maximum atomic E-state index is 13.4. The van der Waals surface area contributed by atoms with E-state index in [1.165, 1.54) is 17.3 Å². The number of rotatable bonds is 6. The Morgan fingerprint density at radius 3 is 2.44 bits per heavy atom. The quantitative estimate of drug-likeness (QED) is 0.575. The van der Waals surface area contributed by atoms with Crippen molar-refractivity contribution >= 4 is 46.0 Å². The first-order valence-corrected chi connectivity index (χ1v) is 12.8. The molecule has 2 aromatic rings. The zero-order valence-electron chi connectivity index (χ0n) is 20.7. The van der Waals surface area contributed by atoms with Crippen LogP contribution in [0.4, 0.5) is 11.4 Å². The first kappa shape index (κ1) is 24.2. The van der Waals surface area contributed by atoms with Gasteiger partial charge in [0.1, 0.15) is 11.9 Å². The molecule has 0 aliphatic carbocycles. The minimum Gasteiger partial charge on any atom is -0.325 e. The first-order chi connectivity index (χ1) is 16.2. The van der Waals surface area contributed by atoms with Crippen LogP contribution in [0.15, 0.2) is 46.4 Å². The Kier molecular flexibility index (Phi) is 6.94. The van der Waals surface area contributed by atoms with E-state index in [2.05, 4.69) is 31.3 Å². The predicted molar refractivity (Wildman–Crippen MR) is 141 cm³/mol. The molecule has 2 amide bonds. The van der Waals surface area contributed by atoms with Crippen molar-refractivity contribution in [3.8, 4) is 0 Å². The topological polar surface area (TPSA) is 74.1 Å². The van der Waals surface area contributed by atoms with Gasteiger partial charge < -0.3 is 5.32 Å². The van der Waals surface area contributed by atoms with Crippen LogP contribution in [0.5, 0.6) is 0 Å². The third-order valence-electron chi connectivity index (χ3n) is 6.52. The maximum absolute atomic E-state index is 13.4. The molecule has 0 saturated carbocycles. The van der Waals surface area contributed by atoms with Gasteiger partial charge in [0.05, 0.1) is 10.9 Å². The van der Waals surface area contributed by atoms with Crippen molar-refractivity contribution in [1.82, 2.24) is 4.90 Å². The van der Waals surface area contributed by atoms with Crippen LogP contribution in [0, 0.1) is 26.7 Å². The van der Waals surface area contributed by atoms with E-state index < -0.39 is 11.3 Å². The Labute approximate surface area is 205 Å². The molecule has 2 heterocycles. The number of fused-ring (bicyclic) bond motifs is 3. The van der Waals surface area contributed by atoms with Gasteiger partial charge in [-0.15, -0.1) is 0 Å². The molecular weight excluding hydrogens is 444 g/mol. The number of amidine groups is 2. The summed E-state index contributed by atoms with van der Waals surface area (Å²) in [7, 11) is 0. The number of carbonyl (C=O) groups is 2. The monoisotopic (exact) mass is 476 g/mol. The third kappa shape index (κ3) is 4.41. The fourth-order valence-electron chi connectivity index (χ4n) is 4.47. The maximum Gasteiger partial charge on any atom is 0.259 e. The highest BCUT2D eigenvalue weighted by molar-refractivity contribution is 8.15. The fraction of sp³-hybridized carbons (Fsp3) is 0.407. The minimum atomic E-state index is -0.427. The van der Waals surface area contributed by atoms with E-state index in [1.54, 1.807) is 4.90 Å². The number of hydrogen-bond acceptors (Lipinski definition) is 5. The molecule has 0 aromatic heterocycles. The fourth-order valence-corrected chi connectivity index (χ4v) is 5.49. The Morgan fingerprint density at radius 1 is 1.12 bits per heavy atom. The van der Waals surface area contributed by atoms with Crippen LogP contribution < -0.4 is 5.32 Å². The average Bonchev–Trinajstić information content (AvgIpc) is 3.16. The van der Waals surface area contributed by atoms with Crippen molar-refractivity contribution in [2.75, 3.05) is 5.32 Å². The second-order valence-corrected chi connectivity index (χ2v) is 10.3. The van der Waals surface area contributed by atoms with Gasteiger partial charge in [0.15, 0.2) is 5.17 Å². The Bertz CT molecular complexity index is 1180. The van der Waals surface area contributed by atoms with Crippen molar-refractivity contribution in [2.45, 2.75) is 65.7 Å². The van der Waals surface area contributed by atoms with Gasteiger partial charge in [-0.1, -0.05) is 68.8 Å². The lowest BCUT2D eigenvalue weighted by Crippen LogP contribution is -2.43. The van der Waals surface area contributed by atoms with Crippen LogP contribution in [0.3, 0.4) is 0 Å². The number of anilines is 1. The number of amides is 2. The van der Waals surface area contributed by atoms with E-state index >= 15 is 0 Å². The van der Waals surface area contributed by atoms with Gasteiger partial charge in [-0.05, 0) is 56.4 Å². The molecule has 3 atom stereocenters. The average molecular weight is 477 g/mol. The third-order valence-corrected chi connectivity index (χ3v) is 7.83. The van der Waals surface area contributed by atoms with Gasteiger partial charge in [0, 0.05) is 11.3 Å². The van der Waals surface area contributed by atoms with Crippen molar-refractivity contribution in [3.63, 3.8) is 0 Å². The summed E-state index contributed by atoms with van der Waals surface area (Å²) in [6.45, 7) is 12.2. The highest BCUT2D eigenvalue weighted by Crippen LogP contribution is 2.37. The first-order valence-electron chi connectivity index (χ1n) is 11.9. The molecule has 0 spiro atoms. The standard InChI is InChI=1S/C27H32N4O2S/c1-7-16(4)23-26(33)31-24(29-23)19-11-9-10-12-20(19)28-27(31)34-21(8-2)25(32)30-22-17(5)13-15(3)14-18(22)6/h9-14,16,21,23H,7-8H2,1-6H3,(H,30,32)/t16-,21+,23-/m1/s1. The summed E-state index contributed by atoms with van der Waals surface area (Å²) in [4.78, 5) is 38.0. The van der Waals surface area contributed by atoms with Gasteiger partial charge in [0.25, 0.3) is 5.91 Å². The Hall–Kier alpha value is -2.93. The molecule has 34 heavy (non-hydrogen) atoms. The number of benzene rings is 2. The molecule has 0 radical (unpaired) electrons. The number of carbonyl (C=O) groups excluding carboxylic acids is 2. The van der Waals surface area contributed by atoms with Crippen LogP contribution in [-0.2, 0) is 9.59 Å². The molecule has 0 saturated heterocycles. The summed E-state index contributed by atoms with van der Waals surface area (Å²) in [6, 6.07) is 11.4. The van der Waals surface area contributed by atoms with E-state index in [0.717, 1.165) is 34.5 Å². The Morgan fingerprint density at radius 2 is 1.79 bits per heavy atom. The second-order valence-electron chi connectivity index (χ2n) is 9.15. The number of nitrogens with zero attached hydrogens (tertiary/aromatic N) is 3. The van der Waals surface area contributed by atoms with Crippen LogP contribution in [0.2, 0.25) is 0 Å². The number of hydrogen-bond donors (Lipinski definition) is 1. The van der Waals surface area contributed by atoms with Crippen molar-refractivity contribution in [1.29, 1.82) is 0 Å². The van der Waals surface area contributed by atoms with E-state index in [1.807, 2.05) is 52.0 Å². The zero-order valence-corrected chi connectivity index (χ0v) is 21.5. The molecule has 0 fully saturated rings. The summed E-state index contributed by atoms with van der Waals surface area (Å²) >= 11 is 1.34. The summed E-state index contributed by atoms with van der Waals surface area (Å²) in [5, 5.41) is 3.24. The van der Waals surface area contributed by atoms with E-state index in [9.17, 15) is 9.59 Å². The lowest BCUT2D eigenvalue weighted by Gasteiger charge is -2.28. The summed E-state index contributed by atoms with van der Waals surface area (Å²) < 4.78 is 0. The van der Waals surface area contributed by atoms with Gasteiger partial charge >= 0.3 is 0 Å². The molecule has 178 valence electrons. The summed E-state index contributed by atoms with van der Waals surface area (Å²) in [5.74, 6) is 0.615. The molecular formula is C27H32N4O2S. The Balaban J connectivity index is 1.64. The van der Waals surface area contributed by atoms with Crippen LogP contribution in [0.1, 0.15) is 55.9 Å². The van der Waals surface area contributed by atoms with Gasteiger partial charge in [-0.3, -0.25) is 14.6 Å². The van der Waals surface area contributed by atoms with Crippen molar-refractivity contribution < 1.29 is 9.59 Å². The van der Waals surface area contributed by atoms with Crippen molar-refractivity contribution in [2.24, 2.45) is 15.9 Å². The largest absolute Gasteiger partial charge is 0.325 e. The molecule has 0 unspecified atom stereocenters. The predicted octanol–water partition coefficient (Wildman–Crippen LogP) is 5.77. The number of aryl methyl sites for hydroxylation is 3. The van der Waals surface area contributed by atoms with E-state index in [-0.39, 0.29) is 17.7 Å². The molecule has 7 heteroatoms. The number of nitrogens with one attached hydrogen (secondary N) is 1. The highest BCUT2D eigenvalue weighted by Gasteiger charge is 2.43. The van der Waals surface area contributed by atoms with E-state index in [4.69, 9.17) is 9.98 Å². The van der Waals surface area contributed by atoms with Crippen molar-refractivity contribution in [3.05, 3.63) is 58.7 Å².